The molecule has 1 aliphatic heterocycles. The summed E-state index contributed by atoms with van der Waals surface area (Å²) >= 11 is 0. The molecule has 3 aromatic carbocycles. The summed E-state index contributed by atoms with van der Waals surface area (Å²) in [5.74, 6) is 0.676. The number of para-hydroxylation sites is 1. The van der Waals surface area contributed by atoms with Crippen LogP contribution in [0.1, 0.15) is 53.1 Å². The Labute approximate surface area is 198 Å². The van der Waals surface area contributed by atoms with Crippen molar-refractivity contribution in [2.24, 2.45) is 0 Å². The predicted octanol–water partition coefficient (Wildman–Crippen LogP) is 5.76. The number of amides is 1. The Balaban J connectivity index is 1.55. The molecule has 0 spiro atoms. The fraction of sp³-hybridized carbons (Fsp3) is 0.241. The number of carbonyl (C=O) groups is 1. The number of hydrogen-bond acceptors (Lipinski definition) is 4. The third-order valence-electron chi connectivity index (χ3n) is 6.32. The maximum atomic E-state index is 13.5. The van der Waals surface area contributed by atoms with Crippen molar-refractivity contribution < 1.29 is 13.9 Å². The van der Waals surface area contributed by atoms with E-state index in [0.29, 0.717) is 36.1 Å². The van der Waals surface area contributed by atoms with E-state index in [2.05, 4.69) is 6.92 Å². The van der Waals surface area contributed by atoms with E-state index >= 15 is 0 Å². The first-order chi connectivity index (χ1) is 16.7. The number of hydrogen-bond donors (Lipinski definition) is 0. The molecule has 4 aromatic rings. The van der Waals surface area contributed by atoms with Crippen LogP contribution in [-0.2, 0) is 6.42 Å². The predicted molar refractivity (Wildman–Crippen MR) is 132 cm³/mol. The summed E-state index contributed by atoms with van der Waals surface area (Å²) < 4.78 is 11.8. The quantitative estimate of drug-likeness (QED) is 0.318. The van der Waals surface area contributed by atoms with Crippen molar-refractivity contribution in [2.75, 3.05) is 13.2 Å². The van der Waals surface area contributed by atoms with E-state index in [0.717, 1.165) is 29.7 Å². The zero-order chi connectivity index (χ0) is 23.5. The van der Waals surface area contributed by atoms with Gasteiger partial charge in [0.1, 0.15) is 11.3 Å². The summed E-state index contributed by atoms with van der Waals surface area (Å²) in [6.07, 6.45) is 2.75. The Kier molecular flexibility index (Phi) is 6.17. The minimum atomic E-state index is -0.503. The highest BCUT2D eigenvalue weighted by molar-refractivity contribution is 5.99. The molecular weight excluding hydrogens is 426 g/mol. The summed E-state index contributed by atoms with van der Waals surface area (Å²) in [5.41, 5.74) is 2.69. The maximum absolute atomic E-state index is 13.5. The normalized spacial score (nSPS) is 15.0. The first-order valence-electron chi connectivity index (χ1n) is 11.8. The monoisotopic (exact) mass is 453 g/mol. The van der Waals surface area contributed by atoms with Gasteiger partial charge in [-0.3, -0.25) is 9.59 Å². The van der Waals surface area contributed by atoms with Crippen molar-refractivity contribution in [3.8, 4) is 5.75 Å². The number of carbonyl (C=O) groups excluding carboxylic acids is 1. The average molecular weight is 454 g/mol. The molecule has 0 radical (unpaired) electrons. The second kappa shape index (κ2) is 9.56. The van der Waals surface area contributed by atoms with Gasteiger partial charge in [0.25, 0.3) is 5.91 Å². The first kappa shape index (κ1) is 22.0. The van der Waals surface area contributed by atoms with Crippen LogP contribution in [0.4, 0.5) is 0 Å². The number of benzene rings is 3. The molecule has 0 bridgehead atoms. The number of rotatable bonds is 8. The Morgan fingerprint density at radius 2 is 1.65 bits per heavy atom. The van der Waals surface area contributed by atoms with Crippen LogP contribution < -0.4 is 10.2 Å². The summed E-state index contributed by atoms with van der Waals surface area (Å²) in [6.45, 7) is 3.27. The zero-order valence-electron chi connectivity index (χ0n) is 19.2. The summed E-state index contributed by atoms with van der Waals surface area (Å²) in [5, 5.41) is 0.489. The van der Waals surface area contributed by atoms with Gasteiger partial charge in [0, 0.05) is 6.54 Å². The van der Waals surface area contributed by atoms with Crippen LogP contribution in [-0.4, -0.2) is 24.0 Å². The van der Waals surface area contributed by atoms with Gasteiger partial charge in [-0.15, -0.1) is 0 Å². The Morgan fingerprint density at radius 3 is 2.41 bits per heavy atom. The largest absolute Gasteiger partial charge is 0.494 e. The van der Waals surface area contributed by atoms with E-state index < -0.39 is 6.04 Å². The molecule has 0 unspecified atom stereocenters. The van der Waals surface area contributed by atoms with Gasteiger partial charge in [-0.1, -0.05) is 67.9 Å². The highest BCUT2D eigenvalue weighted by atomic mass is 16.5. The second-order valence-corrected chi connectivity index (χ2v) is 8.58. The second-order valence-electron chi connectivity index (χ2n) is 8.58. The molecule has 1 amide bonds. The topological polar surface area (TPSA) is 59.8 Å². The average Bonchev–Trinajstić information content (AvgIpc) is 3.16. The highest BCUT2D eigenvalue weighted by Crippen LogP contribution is 2.38. The third-order valence-corrected chi connectivity index (χ3v) is 6.32. The lowest BCUT2D eigenvalue weighted by Gasteiger charge is -2.25. The van der Waals surface area contributed by atoms with Crippen molar-refractivity contribution in [1.29, 1.82) is 0 Å². The molecule has 0 saturated heterocycles. The van der Waals surface area contributed by atoms with E-state index in [1.165, 1.54) is 0 Å². The van der Waals surface area contributed by atoms with E-state index in [9.17, 15) is 9.59 Å². The molecule has 0 N–H and O–H groups in total. The van der Waals surface area contributed by atoms with Crippen molar-refractivity contribution in [3.05, 3.63) is 112 Å². The van der Waals surface area contributed by atoms with Crippen LogP contribution >= 0.6 is 0 Å². The van der Waals surface area contributed by atoms with Gasteiger partial charge < -0.3 is 14.1 Å². The van der Waals surface area contributed by atoms with Crippen molar-refractivity contribution in [1.82, 2.24) is 4.90 Å². The van der Waals surface area contributed by atoms with E-state index in [1.807, 2.05) is 60.7 Å². The molecule has 1 aliphatic rings. The van der Waals surface area contributed by atoms with Gasteiger partial charge in [0.05, 0.1) is 23.6 Å². The first-order valence-corrected chi connectivity index (χ1v) is 11.8. The van der Waals surface area contributed by atoms with Gasteiger partial charge in [-0.05, 0) is 48.2 Å². The SMILES string of the molecule is CCCCOc1ccc([C@H]2c3c(oc4ccccc4c3=O)C(=O)N2CCc2ccccc2)cc1. The van der Waals surface area contributed by atoms with E-state index in [4.69, 9.17) is 9.15 Å². The molecule has 172 valence electrons. The fourth-order valence-corrected chi connectivity index (χ4v) is 4.52. The number of fused-ring (bicyclic) bond motifs is 2. The molecule has 34 heavy (non-hydrogen) atoms. The van der Waals surface area contributed by atoms with E-state index in [1.54, 1.807) is 23.1 Å². The van der Waals surface area contributed by atoms with Crippen LogP contribution in [0.2, 0.25) is 0 Å². The number of unbranched alkanes of at least 4 members (excludes halogenated alkanes) is 1. The Hall–Kier alpha value is -3.86. The molecule has 5 heteroatoms. The molecule has 0 saturated carbocycles. The van der Waals surface area contributed by atoms with Gasteiger partial charge in [-0.2, -0.15) is 0 Å². The molecule has 1 aromatic heterocycles. The molecular formula is C29H27NO4. The van der Waals surface area contributed by atoms with Gasteiger partial charge >= 0.3 is 0 Å². The van der Waals surface area contributed by atoms with Gasteiger partial charge in [0.15, 0.2) is 5.43 Å². The highest BCUT2D eigenvalue weighted by Gasteiger charge is 2.42. The molecule has 1 atom stereocenters. The van der Waals surface area contributed by atoms with E-state index in [-0.39, 0.29) is 17.1 Å². The van der Waals surface area contributed by atoms with Crippen LogP contribution in [0, 0.1) is 0 Å². The lowest BCUT2D eigenvalue weighted by Crippen LogP contribution is -2.31. The Morgan fingerprint density at radius 1 is 0.912 bits per heavy atom. The molecule has 2 heterocycles. The molecule has 0 aliphatic carbocycles. The van der Waals surface area contributed by atoms with Gasteiger partial charge in [0.2, 0.25) is 5.76 Å². The summed E-state index contributed by atoms with van der Waals surface area (Å²) in [4.78, 5) is 28.8. The molecule has 5 rings (SSSR count). The lowest BCUT2D eigenvalue weighted by atomic mass is 9.98. The minimum Gasteiger partial charge on any atom is -0.494 e. The summed E-state index contributed by atoms with van der Waals surface area (Å²) in [6, 6.07) is 24.3. The van der Waals surface area contributed by atoms with Crippen LogP contribution in [0.25, 0.3) is 11.0 Å². The van der Waals surface area contributed by atoms with Crippen molar-refractivity contribution in [3.63, 3.8) is 0 Å². The van der Waals surface area contributed by atoms with Crippen molar-refractivity contribution >= 4 is 16.9 Å². The molecule has 5 nitrogen and oxygen atoms in total. The fourth-order valence-electron chi connectivity index (χ4n) is 4.52. The third kappa shape index (κ3) is 4.10. The van der Waals surface area contributed by atoms with Crippen LogP contribution in [0.3, 0.4) is 0 Å². The number of ether oxygens (including phenoxy) is 1. The number of nitrogens with zero attached hydrogens (tertiary/aromatic N) is 1. The minimum absolute atomic E-state index is 0.144. The van der Waals surface area contributed by atoms with Crippen molar-refractivity contribution in [2.45, 2.75) is 32.2 Å². The van der Waals surface area contributed by atoms with Gasteiger partial charge in [-0.25, -0.2) is 0 Å². The lowest BCUT2D eigenvalue weighted by molar-refractivity contribution is 0.0730. The maximum Gasteiger partial charge on any atom is 0.290 e. The molecule has 0 fully saturated rings. The zero-order valence-corrected chi connectivity index (χ0v) is 19.2. The summed E-state index contributed by atoms with van der Waals surface area (Å²) in [7, 11) is 0. The van der Waals surface area contributed by atoms with Crippen LogP contribution in [0.15, 0.2) is 88.1 Å². The standard InChI is InChI=1S/C29H27NO4/c1-2-3-19-33-22-15-13-21(14-16-22)26-25-27(31)23-11-7-8-12-24(23)34-28(25)29(32)30(26)18-17-20-9-5-4-6-10-20/h4-16,26H,2-3,17-19H2,1H3/t26-/m0/s1. The smallest absolute Gasteiger partial charge is 0.290 e. The Bertz CT molecular complexity index is 1360. The van der Waals surface area contributed by atoms with Crippen LogP contribution in [0.5, 0.6) is 5.75 Å².